The van der Waals surface area contributed by atoms with Crippen molar-refractivity contribution < 1.29 is 14.6 Å². The van der Waals surface area contributed by atoms with Crippen molar-refractivity contribution in [3.05, 3.63) is 90.0 Å². The normalized spacial score (nSPS) is 18.8. The van der Waals surface area contributed by atoms with Gasteiger partial charge in [0.25, 0.3) is 0 Å². The number of benzene rings is 2. The number of ether oxygens (including phenoxy) is 2. The summed E-state index contributed by atoms with van der Waals surface area (Å²) in [5, 5.41) is 10.9. The van der Waals surface area contributed by atoms with Gasteiger partial charge in [-0.1, -0.05) is 85.0 Å². The van der Waals surface area contributed by atoms with Crippen LogP contribution in [0, 0.1) is 0 Å². The Balaban J connectivity index is 1.45. The first-order chi connectivity index (χ1) is 15.8. The Morgan fingerprint density at radius 3 is 2.53 bits per heavy atom. The number of aliphatic hydroxyl groups is 1. The molecule has 4 heteroatoms. The first-order valence-corrected chi connectivity index (χ1v) is 12.8. The highest BCUT2D eigenvalue weighted by Gasteiger charge is 2.17. The molecule has 1 N–H and O–H groups in total. The molecule has 1 unspecified atom stereocenters. The van der Waals surface area contributed by atoms with Crippen LogP contribution in [0.3, 0.4) is 0 Å². The summed E-state index contributed by atoms with van der Waals surface area (Å²) in [6.45, 7) is 1.52. The smallest absolute Gasteiger partial charge is 0.157 e. The molecule has 0 amide bonds. The fraction of sp³-hybridized carbons (Fsp3) is 0.429. The summed E-state index contributed by atoms with van der Waals surface area (Å²) in [5.74, 6) is 0.886. The maximum atomic E-state index is 10.9. The molecule has 1 aliphatic rings. The van der Waals surface area contributed by atoms with Gasteiger partial charge in [0.05, 0.1) is 6.10 Å². The van der Waals surface area contributed by atoms with Crippen molar-refractivity contribution >= 4 is 17.8 Å². The van der Waals surface area contributed by atoms with Gasteiger partial charge in [0.1, 0.15) is 0 Å². The molecule has 0 aromatic heterocycles. The standard InChI is InChI=1S/C28H36O3S/c29-26(18-9-11-21-30-28-20-10-12-22-31-28)27(32-23-25-16-5-2-6-17-25)19-8-7-15-24-13-3-1-4-14-24/h1-8,13-17,19,26-29H,9-12,18,20-23H2/t26-,27+,28?/m0/s1. The predicted octanol–water partition coefficient (Wildman–Crippen LogP) is 6.63. The number of thioether (sulfide) groups is 1. The molecule has 0 radical (unpaired) electrons. The van der Waals surface area contributed by atoms with Gasteiger partial charge in [-0.2, -0.15) is 0 Å². The Morgan fingerprint density at radius 1 is 1.00 bits per heavy atom. The fourth-order valence-corrected chi connectivity index (χ4v) is 4.78. The van der Waals surface area contributed by atoms with Gasteiger partial charge in [0.2, 0.25) is 0 Å². The monoisotopic (exact) mass is 452 g/mol. The Bertz CT molecular complexity index is 785. The van der Waals surface area contributed by atoms with Crippen molar-refractivity contribution in [2.75, 3.05) is 13.2 Å². The lowest BCUT2D eigenvalue weighted by Crippen LogP contribution is -2.23. The average Bonchev–Trinajstić information content (AvgIpc) is 2.85. The van der Waals surface area contributed by atoms with Gasteiger partial charge in [0.15, 0.2) is 6.29 Å². The lowest BCUT2D eigenvalue weighted by molar-refractivity contribution is -0.162. The molecule has 1 aliphatic heterocycles. The van der Waals surface area contributed by atoms with Gasteiger partial charge in [0, 0.05) is 24.2 Å². The molecule has 2 aromatic carbocycles. The summed E-state index contributed by atoms with van der Waals surface area (Å²) >= 11 is 1.79. The third kappa shape index (κ3) is 9.74. The lowest BCUT2D eigenvalue weighted by Gasteiger charge is -2.23. The highest BCUT2D eigenvalue weighted by atomic mass is 32.2. The molecule has 0 saturated carbocycles. The second-order valence-corrected chi connectivity index (χ2v) is 9.31. The van der Waals surface area contributed by atoms with Crippen LogP contribution < -0.4 is 0 Å². The summed E-state index contributed by atoms with van der Waals surface area (Å²) in [6, 6.07) is 20.7. The molecule has 1 fully saturated rings. The third-order valence-corrected chi connectivity index (χ3v) is 6.86. The van der Waals surface area contributed by atoms with E-state index < -0.39 is 0 Å². The largest absolute Gasteiger partial charge is 0.392 e. The van der Waals surface area contributed by atoms with Crippen molar-refractivity contribution in [2.24, 2.45) is 0 Å². The minimum atomic E-state index is -0.379. The predicted molar refractivity (Wildman–Crippen MR) is 136 cm³/mol. The molecule has 2 aromatic rings. The molecular weight excluding hydrogens is 416 g/mol. The van der Waals surface area contributed by atoms with Crippen LogP contribution in [0.15, 0.2) is 78.9 Å². The van der Waals surface area contributed by atoms with Crippen molar-refractivity contribution in [1.29, 1.82) is 0 Å². The zero-order valence-electron chi connectivity index (χ0n) is 18.9. The van der Waals surface area contributed by atoms with E-state index >= 15 is 0 Å². The zero-order chi connectivity index (χ0) is 22.3. The lowest BCUT2D eigenvalue weighted by atomic mass is 10.1. The third-order valence-electron chi connectivity index (χ3n) is 5.50. The SMILES string of the molecule is O[C@@H](CCCCOC1CCCCO1)[C@@H](C=CC=Cc1ccccc1)SCc1ccccc1. The van der Waals surface area contributed by atoms with Crippen LogP contribution in [0.5, 0.6) is 0 Å². The molecule has 3 atom stereocenters. The molecule has 0 aliphatic carbocycles. The summed E-state index contributed by atoms with van der Waals surface area (Å²) in [4.78, 5) is 0. The van der Waals surface area contributed by atoms with Gasteiger partial charge in [-0.15, -0.1) is 11.8 Å². The Hall–Kier alpha value is -1.85. The van der Waals surface area contributed by atoms with E-state index in [1.54, 1.807) is 11.8 Å². The molecule has 0 spiro atoms. The first-order valence-electron chi connectivity index (χ1n) is 11.8. The van der Waals surface area contributed by atoms with Crippen LogP contribution >= 0.6 is 11.8 Å². The van der Waals surface area contributed by atoms with Gasteiger partial charge >= 0.3 is 0 Å². The van der Waals surface area contributed by atoms with Gasteiger partial charge in [-0.25, -0.2) is 0 Å². The van der Waals surface area contributed by atoms with Crippen molar-refractivity contribution in [3.63, 3.8) is 0 Å². The number of hydrogen-bond donors (Lipinski definition) is 1. The molecule has 32 heavy (non-hydrogen) atoms. The molecule has 3 rings (SSSR count). The summed E-state index contributed by atoms with van der Waals surface area (Å²) < 4.78 is 11.4. The van der Waals surface area contributed by atoms with E-state index in [1.165, 1.54) is 17.5 Å². The minimum Gasteiger partial charge on any atom is -0.392 e. The highest BCUT2D eigenvalue weighted by molar-refractivity contribution is 7.99. The second kappa shape index (κ2) is 15.1. The highest BCUT2D eigenvalue weighted by Crippen LogP contribution is 2.24. The Kier molecular flexibility index (Phi) is 11.7. The Labute approximate surface area is 197 Å². The number of rotatable bonds is 13. The summed E-state index contributed by atoms with van der Waals surface area (Å²) in [5.41, 5.74) is 2.46. The first kappa shape index (κ1) is 24.8. The summed E-state index contributed by atoms with van der Waals surface area (Å²) in [7, 11) is 0. The molecule has 172 valence electrons. The molecule has 1 heterocycles. The van der Waals surface area contributed by atoms with E-state index in [0.717, 1.165) is 44.5 Å². The van der Waals surface area contributed by atoms with Gasteiger partial charge in [-0.05, 0) is 49.7 Å². The fourth-order valence-electron chi connectivity index (χ4n) is 3.64. The molecular formula is C28H36O3S. The summed E-state index contributed by atoms with van der Waals surface area (Å²) in [6.07, 6.45) is 13.9. The number of unbranched alkanes of at least 4 members (excludes halogenated alkanes) is 1. The van der Waals surface area contributed by atoms with Crippen LogP contribution in [0.1, 0.15) is 49.7 Å². The maximum Gasteiger partial charge on any atom is 0.157 e. The van der Waals surface area contributed by atoms with Gasteiger partial charge in [-0.3, -0.25) is 0 Å². The van der Waals surface area contributed by atoms with E-state index in [4.69, 9.17) is 9.47 Å². The van der Waals surface area contributed by atoms with Crippen LogP contribution in [0.25, 0.3) is 6.08 Å². The zero-order valence-corrected chi connectivity index (χ0v) is 19.7. The maximum absolute atomic E-state index is 10.9. The van der Waals surface area contributed by atoms with Crippen molar-refractivity contribution in [3.8, 4) is 0 Å². The number of allylic oxidation sites excluding steroid dienone is 2. The molecule has 1 saturated heterocycles. The van der Waals surface area contributed by atoms with E-state index in [0.29, 0.717) is 6.61 Å². The van der Waals surface area contributed by atoms with Crippen LogP contribution in [-0.4, -0.2) is 36.0 Å². The molecule has 0 bridgehead atoms. The van der Waals surface area contributed by atoms with E-state index in [1.807, 2.05) is 24.3 Å². The van der Waals surface area contributed by atoms with Gasteiger partial charge < -0.3 is 14.6 Å². The second-order valence-electron chi connectivity index (χ2n) is 8.15. The topological polar surface area (TPSA) is 38.7 Å². The average molecular weight is 453 g/mol. The van der Waals surface area contributed by atoms with E-state index in [2.05, 4.69) is 60.7 Å². The van der Waals surface area contributed by atoms with E-state index in [9.17, 15) is 5.11 Å². The Morgan fingerprint density at radius 2 is 1.78 bits per heavy atom. The van der Waals surface area contributed by atoms with Crippen LogP contribution in [0.4, 0.5) is 0 Å². The van der Waals surface area contributed by atoms with Crippen molar-refractivity contribution in [1.82, 2.24) is 0 Å². The van der Waals surface area contributed by atoms with Crippen LogP contribution in [-0.2, 0) is 15.2 Å². The quantitative estimate of drug-likeness (QED) is 0.273. The molecule has 3 nitrogen and oxygen atoms in total. The van der Waals surface area contributed by atoms with E-state index in [-0.39, 0.29) is 17.6 Å². The number of aliphatic hydroxyl groups excluding tert-OH is 1. The minimum absolute atomic E-state index is 0.0258. The van der Waals surface area contributed by atoms with Crippen LogP contribution in [0.2, 0.25) is 0 Å². The van der Waals surface area contributed by atoms with Crippen molar-refractivity contribution in [2.45, 2.75) is 61.9 Å². The number of hydrogen-bond acceptors (Lipinski definition) is 4.